The van der Waals surface area contributed by atoms with Gasteiger partial charge in [-0.3, -0.25) is 0 Å². The van der Waals surface area contributed by atoms with Crippen LogP contribution >= 0.6 is 15.9 Å². The summed E-state index contributed by atoms with van der Waals surface area (Å²) < 4.78 is 37.1. The summed E-state index contributed by atoms with van der Waals surface area (Å²) >= 11 is 2.88. The van der Waals surface area contributed by atoms with Crippen LogP contribution < -0.4 is 0 Å². The molecule has 1 aromatic carbocycles. The van der Waals surface area contributed by atoms with E-state index in [1.54, 1.807) is 6.07 Å². The van der Waals surface area contributed by atoms with Gasteiger partial charge in [-0.15, -0.1) is 0 Å². The molecule has 0 atom stereocenters. The average Bonchev–Trinajstić information content (AvgIpc) is 2.03. The maximum absolute atomic E-state index is 12.3. The van der Waals surface area contributed by atoms with E-state index in [2.05, 4.69) is 15.9 Å². The Balaban J connectivity index is 3.19. The van der Waals surface area contributed by atoms with E-state index >= 15 is 0 Å². The molecule has 0 aromatic heterocycles. The highest BCUT2D eigenvalue weighted by Gasteiger charge is 2.32. The maximum atomic E-state index is 12.3. The van der Waals surface area contributed by atoms with Crippen LogP contribution in [0.5, 0.6) is 0 Å². The zero-order valence-electron chi connectivity index (χ0n) is 6.95. The van der Waals surface area contributed by atoms with E-state index in [0.717, 1.165) is 0 Å². The lowest BCUT2D eigenvalue weighted by atomic mass is 10.1. The Labute approximate surface area is 82.9 Å². The van der Waals surface area contributed by atoms with Crippen molar-refractivity contribution in [2.24, 2.45) is 0 Å². The van der Waals surface area contributed by atoms with E-state index in [1.807, 2.05) is 6.92 Å². The topological polar surface area (TPSA) is 0 Å². The van der Waals surface area contributed by atoms with Crippen LogP contribution in [-0.4, -0.2) is 0 Å². The molecule has 72 valence electrons. The molecular formula is C9H8BrF3. The molecule has 0 N–H and O–H groups in total. The largest absolute Gasteiger partial charge is 0.417 e. The lowest BCUT2D eigenvalue weighted by Gasteiger charge is -2.10. The third-order valence-electron chi connectivity index (χ3n) is 1.74. The zero-order valence-corrected chi connectivity index (χ0v) is 8.54. The van der Waals surface area contributed by atoms with Crippen LogP contribution in [0.15, 0.2) is 22.7 Å². The van der Waals surface area contributed by atoms with Gasteiger partial charge in [0, 0.05) is 4.47 Å². The highest BCUT2D eigenvalue weighted by atomic mass is 79.9. The highest BCUT2D eigenvalue weighted by molar-refractivity contribution is 9.10. The molecule has 4 heteroatoms. The average molecular weight is 253 g/mol. The van der Waals surface area contributed by atoms with Crippen LogP contribution in [-0.2, 0) is 12.6 Å². The Kier molecular flexibility index (Phi) is 3.01. The predicted molar refractivity (Wildman–Crippen MR) is 48.5 cm³/mol. The van der Waals surface area contributed by atoms with E-state index in [0.29, 0.717) is 12.0 Å². The van der Waals surface area contributed by atoms with Gasteiger partial charge in [0.25, 0.3) is 0 Å². The third kappa shape index (κ3) is 2.46. The molecule has 0 bridgehead atoms. The van der Waals surface area contributed by atoms with E-state index in [1.165, 1.54) is 12.1 Å². The first-order valence-corrected chi connectivity index (χ1v) is 4.60. The lowest BCUT2D eigenvalue weighted by molar-refractivity contribution is -0.138. The predicted octanol–water partition coefficient (Wildman–Crippen LogP) is 4.03. The molecule has 0 amide bonds. The van der Waals surface area contributed by atoms with Gasteiger partial charge in [-0.05, 0) is 24.1 Å². The first-order valence-electron chi connectivity index (χ1n) is 3.80. The molecule has 0 radical (unpaired) electrons. The quantitative estimate of drug-likeness (QED) is 0.708. The number of aryl methyl sites for hydroxylation is 1. The summed E-state index contributed by atoms with van der Waals surface area (Å²) in [6.45, 7) is 1.82. The molecule has 0 nitrogen and oxygen atoms in total. The molecule has 0 aliphatic carbocycles. The smallest absolute Gasteiger partial charge is 0.166 e. The first kappa shape index (κ1) is 10.6. The van der Waals surface area contributed by atoms with Crippen molar-refractivity contribution in [3.8, 4) is 0 Å². The molecule has 1 rings (SSSR count). The number of hydrogen-bond donors (Lipinski definition) is 0. The molecule has 0 aliphatic heterocycles. The molecule has 1 aromatic rings. The summed E-state index contributed by atoms with van der Waals surface area (Å²) in [6, 6.07) is 4.28. The van der Waals surface area contributed by atoms with Crippen molar-refractivity contribution in [2.75, 3.05) is 0 Å². The Morgan fingerprint density at radius 2 is 1.92 bits per heavy atom. The van der Waals surface area contributed by atoms with Crippen LogP contribution in [0, 0.1) is 0 Å². The minimum Gasteiger partial charge on any atom is -0.166 e. The van der Waals surface area contributed by atoms with Crippen LogP contribution in [0.3, 0.4) is 0 Å². The van der Waals surface area contributed by atoms with E-state index < -0.39 is 11.7 Å². The van der Waals surface area contributed by atoms with Gasteiger partial charge in [-0.2, -0.15) is 13.2 Å². The number of alkyl halides is 3. The molecule has 0 fully saturated rings. The third-order valence-corrected chi connectivity index (χ3v) is 2.44. The van der Waals surface area contributed by atoms with Gasteiger partial charge in [0.2, 0.25) is 0 Å². The summed E-state index contributed by atoms with van der Waals surface area (Å²) in [5, 5.41) is 0. The van der Waals surface area contributed by atoms with Crippen molar-refractivity contribution >= 4 is 15.9 Å². The molecular weight excluding hydrogens is 245 g/mol. The van der Waals surface area contributed by atoms with Gasteiger partial charge in [-0.25, -0.2) is 0 Å². The highest BCUT2D eigenvalue weighted by Crippen LogP contribution is 2.35. The first-order chi connectivity index (χ1) is 5.95. The maximum Gasteiger partial charge on any atom is 0.417 e. The number of hydrogen-bond acceptors (Lipinski definition) is 0. The molecule has 0 heterocycles. The number of rotatable bonds is 1. The zero-order chi connectivity index (χ0) is 10.1. The van der Waals surface area contributed by atoms with Crippen molar-refractivity contribution < 1.29 is 13.2 Å². The van der Waals surface area contributed by atoms with Gasteiger partial charge in [0.1, 0.15) is 0 Å². The van der Waals surface area contributed by atoms with Gasteiger partial charge in [0.15, 0.2) is 0 Å². The molecule has 0 aliphatic rings. The second kappa shape index (κ2) is 3.70. The molecule has 13 heavy (non-hydrogen) atoms. The minimum absolute atomic E-state index is 0.0946. The summed E-state index contributed by atoms with van der Waals surface area (Å²) in [7, 11) is 0. The molecule has 0 saturated heterocycles. The minimum atomic E-state index is -4.27. The van der Waals surface area contributed by atoms with Crippen molar-refractivity contribution in [3.63, 3.8) is 0 Å². The summed E-state index contributed by atoms with van der Waals surface area (Å²) in [5.74, 6) is 0. The Hall–Kier alpha value is -0.510. The molecule has 0 spiro atoms. The second-order valence-electron chi connectivity index (χ2n) is 2.67. The normalized spacial score (nSPS) is 11.8. The van der Waals surface area contributed by atoms with Crippen LogP contribution in [0.2, 0.25) is 0 Å². The van der Waals surface area contributed by atoms with Crippen molar-refractivity contribution in [3.05, 3.63) is 33.8 Å². The Morgan fingerprint density at radius 1 is 1.31 bits per heavy atom. The number of benzene rings is 1. The molecule has 0 saturated carbocycles. The fraction of sp³-hybridized carbons (Fsp3) is 0.333. The van der Waals surface area contributed by atoms with Crippen LogP contribution in [0.25, 0.3) is 0 Å². The standard InChI is InChI=1S/C9H8BrF3/c1-2-6-3-4-8(10)7(5-6)9(11,12)13/h3-5H,2H2,1H3. The van der Waals surface area contributed by atoms with Gasteiger partial charge in [-0.1, -0.05) is 28.9 Å². The van der Waals surface area contributed by atoms with Crippen molar-refractivity contribution in [1.82, 2.24) is 0 Å². The summed E-state index contributed by atoms with van der Waals surface area (Å²) in [6.07, 6.45) is -3.67. The fourth-order valence-corrected chi connectivity index (χ4v) is 1.48. The van der Waals surface area contributed by atoms with Crippen LogP contribution in [0.1, 0.15) is 18.1 Å². The monoisotopic (exact) mass is 252 g/mol. The molecule has 0 unspecified atom stereocenters. The van der Waals surface area contributed by atoms with Gasteiger partial charge >= 0.3 is 6.18 Å². The second-order valence-corrected chi connectivity index (χ2v) is 3.52. The van der Waals surface area contributed by atoms with E-state index in [-0.39, 0.29) is 4.47 Å². The SMILES string of the molecule is CCc1ccc(Br)c(C(F)(F)F)c1. The van der Waals surface area contributed by atoms with Crippen LogP contribution in [0.4, 0.5) is 13.2 Å². The summed E-state index contributed by atoms with van der Waals surface area (Å²) in [4.78, 5) is 0. The Morgan fingerprint density at radius 3 is 2.38 bits per heavy atom. The van der Waals surface area contributed by atoms with Gasteiger partial charge < -0.3 is 0 Å². The van der Waals surface area contributed by atoms with Gasteiger partial charge in [0.05, 0.1) is 5.56 Å². The Bertz CT molecular complexity index is 304. The van der Waals surface area contributed by atoms with Crippen molar-refractivity contribution in [1.29, 1.82) is 0 Å². The van der Waals surface area contributed by atoms with Crippen molar-refractivity contribution in [2.45, 2.75) is 19.5 Å². The van der Waals surface area contributed by atoms with E-state index in [4.69, 9.17) is 0 Å². The summed E-state index contributed by atoms with van der Waals surface area (Å²) in [5.41, 5.74) is 0.0855. The fourth-order valence-electron chi connectivity index (χ4n) is 1.01. The number of halogens is 4. The lowest BCUT2D eigenvalue weighted by Crippen LogP contribution is -2.06. The van der Waals surface area contributed by atoms with E-state index in [9.17, 15) is 13.2 Å².